The van der Waals surface area contributed by atoms with Crippen molar-refractivity contribution in [2.75, 3.05) is 6.54 Å². The van der Waals surface area contributed by atoms with Crippen molar-refractivity contribution < 1.29 is 5.21 Å². The van der Waals surface area contributed by atoms with Gasteiger partial charge in [0.05, 0.1) is 5.69 Å². The van der Waals surface area contributed by atoms with E-state index in [1.54, 1.807) is 6.20 Å². The van der Waals surface area contributed by atoms with Gasteiger partial charge in [0, 0.05) is 18.2 Å². The summed E-state index contributed by atoms with van der Waals surface area (Å²) in [7, 11) is 0. The highest BCUT2D eigenvalue weighted by atomic mass is 16.4. The van der Waals surface area contributed by atoms with Gasteiger partial charge in [-0.2, -0.15) is 10.2 Å². The highest BCUT2D eigenvalue weighted by Crippen LogP contribution is 2.22. The third-order valence-electron chi connectivity index (χ3n) is 3.14. The van der Waals surface area contributed by atoms with Crippen LogP contribution in [-0.4, -0.2) is 27.8 Å². The van der Waals surface area contributed by atoms with Gasteiger partial charge in [0.2, 0.25) is 0 Å². The Bertz CT molecular complexity index is 391. The summed E-state index contributed by atoms with van der Waals surface area (Å²) in [4.78, 5) is 0. The number of nitrogens with zero attached hydrogens (tertiary/aromatic N) is 3. The molecule has 0 aromatic carbocycles. The molecule has 0 radical (unpaired) electrons. The molecule has 0 amide bonds. The van der Waals surface area contributed by atoms with Gasteiger partial charge in [-0.15, -0.1) is 0 Å². The topological polar surface area (TPSA) is 96.4 Å². The fraction of sp³-hybridized carbons (Fsp3) is 0.615. The van der Waals surface area contributed by atoms with Crippen molar-refractivity contribution in [3.63, 3.8) is 0 Å². The van der Waals surface area contributed by atoms with Crippen molar-refractivity contribution in [1.82, 2.24) is 15.5 Å². The van der Waals surface area contributed by atoms with Crippen molar-refractivity contribution in [3.8, 4) is 0 Å². The maximum absolute atomic E-state index is 8.67. The first-order chi connectivity index (χ1) is 9.06. The molecule has 0 aliphatic rings. The first kappa shape index (κ1) is 15.4. The standard InChI is InChI=1S/C13H23N5O/c1-13(2,12(14)18-19)7-3-4-8-15-10-11-6-5-9-16-17-11/h5-6,9,15,19H,3-4,7-8,10H2,1-2H3,(H2,14,18). The van der Waals surface area contributed by atoms with Gasteiger partial charge in [0.15, 0.2) is 0 Å². The number of rotatable bonds is 8. The molecule has 0 fully saturated rings. The molecule has 0 atom stereocenters. The van der Waals surface area contributed by atoms with Gasteiger partial charge in [0.1, 0.15) is 5.84 Å². The van der Waals surface area contributed by atoms with Crippen molar-refractivity contribution in [2.24, 2.45) is 16.3 Å². The number of nitrogens with one attached hydrogen (secondary N) is 1. The second kappa shape index (κ2) is 7.68. The molecule has 0 bridgehead atoms. The minimum atomic E-state index is -0.250. The molecule has 1 rings (SSSR count). The van der Waals surface area contributed by atoms with E-state index in [0.717, 1.165) is 38.0 Å². The van der Waals surface area contributed by atoms with Gasteiger partial charge in [-0.05, 0) is 31.5 Å². The lowest BCUT2D eigenvalue weighted by Gasteiger charge is -2.22. The maximum atomic E-state index is 8.67. The van der Waals surface area contributed by atoms with Gasteiger partial charge in [-0.3, -0.25) is 0 Å². The predicted octanol–water partition coefficient (Wildman–Crippen LogP) is 1.51. The Balaban J connectivity index is 2.12. The van der Waals surface area contributed by atoms with Gasteiger partial charge in [0.25, 0.3) is 0 Å². The smallest absolute Gasteiger partial charge is 0.144 e. The number of nitrogens with two attached hydrogens (primary N) is 1. The molecule has 0 unspecified atom stereocenters. The highest BCUT2D eigenvalue weighted by Gasteiger charge is 2.22. The number of hydrogen-bond donors (Lipinski definition) is 3. The second-order valence-electron chi connectivity index (χ2n) is 5.22. The summed E-state index contributed by atoms with van der Waals surface area (Å²) in [6.07, 6.45) is 4.63. The molecular formula is C13H23N5O. The first-order valence-electron chi connectivity index (χ1n) is 6.51. The predicted molar refractivity (Wildman–Crippen MR) is 74.8 cm³/mol. The van der Waals surface area contributed by atoms with Crippen LogP contribution in [0.5, 0.6) is 0 Å². The van der Waals surface area contributed by atoms with Crippen molar-refractivity contribution in [1.29, 1.82) is 0 Å². The quantitative estimate of drug-likeness (QED) is 0.218. The molecule has 0 saturated carbocycles. The van der Waals surface area contributed by atoms with Gasteiger partial charge >= 0.3 is 0 Å². The second-order valence-corrected chi connectivity index (χ2v) is 5.22. The lowest BCUT2D eigenvalue weighted by atomic mass is 9.86. The number of oxime groups is 1. The molecule has 6 nitrogen and oxygen atoms in total. The SMILES string of the molecule is CC(C)(CCCCNCc1cccnn1)/C(N)=N/O. The lowest BCUT2D eigenvalue weighted by molar-refractivity contribution is 0.304. The fourth-order valence-electron chi connectivity index (χ4n) is 1.72. The summed E-state index contributed by atoms with van der Waals surface area (Å²) >= 11 is 0. The van der Waals surface area contributed by atoms with Gasteiger partial charge in [-0.25, -0.2) is 0 Å². The number of amidine groups is 1. The van der Waals surface area contributed by atoms with Gasteiger partial charge < -0.3 is 16.3 Å². The number of unbranched alkanes of at least 4 members (excludes halogenated alkanes) is 1. The number of aromatic nitrogens is 2. The van der Waals surface area contributed by atoms with E-state index in [2.05, 4.69) is 20.7 Å². The molecule has 1 aromatic rings. The Labute approximate surface area is 114 Å². The molecule has 1 aromatic heterocycles. The van der Waals surface area contributed by atoms with E-state index in [1.807, 2.05) is 26.0 Å². The maximum Gasteiger partial charge on any atom is 0.144 e. The lowest BCUT2D eigenvalue weighted by Crippen LogP contribution is -2.32. The monoisotopic (exact) mass is 265 g/mol. The molecule has 19 heavy (non-hydrogen) atoms. The number of hydrogen-bond acceptors (Lipinski definition) is 5. The normalized spacial score (nSPS) is 12.6. The van der Waals surface area contributed by atoms with Crippen molar-refractivity contribution in [2.45, 2.75) is 39.7 Å². The largest absolute Gasteiger partial charge is 0.409 e. The van der Waals surface area contributed by atoms with Crippen LogP contribution in [0.2, 0.25) is 0 Å². The Hall–Kier alpha value is -1.69. The Morgan fingerprint density at radius 2 is 2.26 bits per heavy atom. The van der Waals surface area contributed by atoms with Crippen LogP contribution in [0.1, 0.15) is 38.8 Å². The zero-order valence-electron chi connectivity index (χ0n) is 11.6. The molecule has 0 aliphatic carbocycles. The molecule has 6 heteroatoms. The molecule has 4 N–H and O–H groups in total. The van der Waals surface area contributed by atoms with Crippen LogP contribution in [0.15, 0.2) is 23.5 Å². The van der Waals surface area contributed by atoms with Crippen LogP contribution in [0.25, 0.3) is 0 Å². The van der Waals surface area contributed by atoms with Crippen LogP contribution in [0.3, 0.4) is 0 Å². The van der Waals surface area contributed by atoms with Crippen LogP contribution < -0.4 is 11.1 Å². The summed E-state index contributed by atoms with van der Waals surface area (Å²) in [5.74, 6) is 0.292. The summed E-state index contributed by atoms with van der Waals surface area (Å²) in [5, 5.41) is 22.9. The average molecular weight is 265 g/mol. The van der Waals surface area contributed by atoms with E-state index >= 15 is 0 Å². The van der Waals surface area contributed by atoms with E-state index in [9.17, 15) is 0 Å². The third-order valence-corrected chi connectivity index (χ3v) is 3.14. The highest BCUT2D eigenvalue weighted by molar-refractivity contribution is 5.85. The van der Waals surface area contributed by atoms with Crippen LogP contribution in [0, 0.1) is 5.41 Å². The van der Waals surface area contributed by atoms with E-state index in [-0.39, 0.29) is 5.41 Å². The van der Waals surface area contributed by atoms with Crippen LogP contribution in [0.4, 0.5) is 0 Å². The molecule has 0 saturated heterocycles. The van der Waals surface area contributed by atoms with Crippen molar-refractivity contribution >= 4 is 5.84 Å². The van der Waals surface area contributed by atoms with E-state index in [0.29, 0.717) is 5.84 Å². The Morgan fingerprint density at radius 3 is 2.89 bits per heavy atom. The fourth-order valence-corrected chi connectivity index (χ4v) is 1.72. The minimum absolute atomic E-state index is 0.250. The molecular weight excluding hydrogens is 242 g/mol. The zero-order chi connectivity index (χ0) is 14.1. The zero-order valence-corrected chi connectivity index (χ0v) is 11.6. The van der Waals surface area contributed by atoms with Crippen LogP contribution >= 0.6 is 0 Å². The molecule has 0 spiro atoms. The average Bonchev–Trinajstić information content (AvgIpc) is 2.42. The summed E-state index contributed by atoms with van der Waals surface area (Å²) in [6, 6.07) is 3.82. The minimum Gasteiger partial charge on any atom is -0.409 e. The van der Waals surface area contributed by atoms with Crippen molar-refractivity contribution in [3.05, 3.63) is 24.0 Å². The molecule has 106 valence electrons. The summed E-state index contributed by atoms with van der Waals surface area (Å²) < 4.78 is 0. The molecule has 0 aliphatic heterocycles. The van der Waals surface area contributed by atoms with E-state index < -0.39 is 0 Å². The summed E-state index contributed by atoms with van der Waals surface area (Å²) in [6.45, 7) is 5.62. The Morgan fingerprint density at radius 1 is 1.47 bits per heavy atom. The van der Waals surface area contributed by atoms with E-state index in [4.69, 9.17) is 10.9 Å². The molecule has 1 heterocycles. The van der Waals surface area contributed by atoms with E-state index in [1.165, 1.54) is 0 Å². The van der Waals surface area contributed by atoms with Crippen LogP contribution in [-0.2, 0) is 6.54 Å². The summed E-state index contributed by atoms with van der Waals surface area (Å²) in [5.41, 5.74) is 6.33. The Kier molecular flexibility index (Phi) is 6.21. The van der Waals surface area contributed by atoms with Gasteiger partial charge in [-0.1, -0.05) is 25.4 Å². The first-order valence-corrected chi connectivity index (χ1v) is 6.51. The third kappa shape index (κ3) is 5.65.